The van der Waals surface area contributed by atoms with E-state index < -0.39 is 11.5 Å². The first-order valence-electron chi connectivity index (χ1n) is 5.51. The first kappa shape index (κ1) is 14.5. The van der Waals surface area contributed by atoms with Gasteiger partial charge < -0.3 is 10.4 Å². The average Bonchev–Trinajstić information content (AvgIpc) is 2.64. The molecule has 2 N–H and O–H groups in total. The fourth-order valence-electron chi connectivity index (χ4n) is 1.40. The van der Waals surface area contributed by atoms with Gasteiger partial charge in [-0.3, -0.25) is 4.79 Å². The number of aromatic nitrogens is 1. The molecule has 1 aromatic rings. The Balaban J connectivity index is 2.45. The molecule has 1 rings (SSSR count). The summed E-state index contributed by atoms with van der Waals surface area (Å²) in [5.74, 6) is -0.0433. The zero-order valence-corrected chi connectivity index (χ0v) is 12.0. The maximum absolute atomic E-state index is 11.2. The zero-order valence-electron chi connectivity index (χ0n) is 10.3. The molecule has 1 atom stereocenters. The summed E-state index contributed by atoms with van der Waals surface area (Å²) >= 11 is 3.22. The van der Waals surface area contributed by atoms with Gasteiger partial charge >= 0.3 is 5.97 Å². The number of rotatable bonds is 7. The van der Waals surface area contributed by atoms with Gasteiger partial charge in [0, 0.05) is 16.8 Å². The number of hydrogen-bond acceptors (Lipinski definition) is 5. The van der Waals surface area contributed by atoms with Crippen molar-refractivity contribution in [3.63, 3.8) is 0 Å². The van der Waals surface area contributed by atoms with Crippen LogP contribution in [-0.2, 0) is 4.79 Å². The molecule has 0 saturated heterocycles. The van der Waals surface area contributed by atoms with Gasteiger partial charge in [0.1, 0.15) is 9.88 Å². The quantitative estimate of drug-likeness (QED) is 0.748. The van der Waals surface area contributed by atoms with Crippen LogP contribution in [-0.4, -0.2) is 33.9 Å². The molecule has 0 aliphatic heterocycles. The van der Waals surface area contributed by atoms with Crippen LogP contribution in [0.5, 0.6) is 0 Å². The van der Waals surface area contributed by atoms with Gasteiger partial charge in [-0.2, -0.15) is 0 Å². The molecule has 0 bridgehead atoms. The first-order chi connectivity index (χ1) is 7.98. The summed E-state index contributed by atoms with van der Waals surface area (Å²) in [5, 5.41) is 14.2. The van der Waals surface area contributed by atoms with Gasteiger partial charge in [0.15, 0.2) is 0 Å². The van der Waals surface area contributed by atoms with E-state index in [-0.39, 0.29) is 0 Å². The summed E-state index contributed by atoms with van der Waals surface area (Å²) in [6.45, 7) is 6.26. The molecule has 0 spiro atoms. The number of carbonyl (C=O) groups is 1. The van der Waals surface area contributed by atoms with Gasteiger partial charge in [-0.15, -0.1) is 11.3 Å². The highest BCUT2D eigenvalue weighted by atomic mass is 32.2. The van der Waals surface area contributed by atoms with Gasteiger partial charge in [0.05, 0.1) is 0 Å². The second-order valence-corrected chi connectivity index (χ2v) is 6.22. The highest BCUT2D eigenvalue weighted by Gasteiger charge is 2.31. The summed E-state index contributed by atoms with van der Waals surface area (Å²) in [6.07, 6.45) is 0.583. The number of aliphatic carboxylic acids is 1. The lowest BCUT2D eigenvalue weighted by Crippen LogP contribution is -2.49. The Hall–Kier alpha value is -0.590. The number of aryl methyl sites for hydroxylation is 1. The first-order valence-corrected chi connectivity index (χ1v) is 7.38. The Labute approximate surface area is 110 Å². The number of likely N-dealkylation sites (N-methyl/N-ethyl adjacent to an activating group) is 1. The van der Waals surface area contributed by atoms with E-state index in [1.165, 1.54) is 0 Å². The number of carboxylic acids is 1. The van der Waals surface area contributed by atoms with Crippen molar-refractivity contribution in [2.45, 2.75) is 37.1 Å². The van der Waals surface area contributed by atoms with Crippen LogP contribution in [0.15, 0.2) is 9.72 Å². The SMILES string of the molecule is CCNC(C)(CCSc1nc(C)cs1)C(=O)O. The van der Waals surface area contributed by atoms with E-state index in [0.717, 1.165) is 15.8 Å². The van der Waals surface area contributed by atoms with Gasteiger partial charge in [0.2, 0.25) is 0 Å². The van der Waals surface area contributed by atoms with E-state index in [9.17, 15) is 9.90 Å². The number of carboxylic acid groups (broad SMARTS) is 1. The van der Waals surface area contributed by atoms with Crippen molar-refractivity contribution < 1.29 is 9.90 Å². The summed E-state index contributed by atoms with van der Waals surface area (Å²) in [4.78, 5) is 15.5. The van der Waals surface area contributed by atoms with E-state index in [1.807, 2.05) is 19.2 Å². The molecule has 1 heterocycles. The van der Waals surface area contributed by atoms with Crippen LogP contribution in [0.4, 0.5) is 0 Å². The van der Waals surface area contributed by atoms with Crippen LogP contribution in [0, 0.1) is 6.92 Å². The van der Waals surface area contributed by atoms with Gasteiger partial charge in [-0.05, 0) is 26.8 Å². The molecule has 0 radical (unpaired) electrons. The number of thiazole rings is 1. The molecule has 0 saturated carbocycles. The molecule has 17 heavy (non-hydrogen) atoms. The third kappa shape index (κ3) is 4.29. The molecule has 0 amide bonds. The Morgan fingerprint density at radius 3 is 2.88 bits per heavy atom. The Kier molecular flexibility index (Phi) is 5.42. The molecule has 0 aliphatic rings. The Bertz CT molecular complexity index is 381. The topological polar surface area (TPSA) is 62.2 Å². The van der Waals surface area contributed by atoms with Crippen molar-refractivity contribution >= 4 is 29.1 Å². The van der Waals surface area contributed by atoms with E-state index in [0.29, 0.717) is 13.0 Å². The van der Waals surface area contributed by atoms with Crippen LogP contribution in [0.25, 0.3) is 0 Å². The van der Waals surface area contributed by atoms with Gasteiger partial charge in [-0.1, -0.05) is 18.7 Å². The minimum Gasteiger partial charge on any atom is -0.480 e. The number of nitrogens with one attached hydrogen (secondary N) is 1. The third-order valence-corrected chi connectivity index (χ3v) is 4.61. The van der Waals surface area contributed by atoms with Gasteiger partial charge in [-0.25, -0.2) is 4.98 Å². The molecule has 4 nitrogen and oxygen atoms in total. The van der Waals surface area contributed by atoms with E-state index >= 15 is 0 Å². The lowest BCUT2D eigenvalue weighted by Gasteiger charge is -2.25. The lowest BCUT2D eigenvalue weighted by atomic mass is 9.99. The van der Waals surface area contributed by atoms with Crippen molar-refractivity contribution in [3.05, 3.63) is 11.1 Å². The normalized spacial score (nSPS) is 14.5. The van der Waals surface area contributed by atoms with Crippen LogP contribution in [0.1, 0.15) is 26.0 Å². The molecular weight excluding hydrogens is 256 g/mol. The van der Waals surface area contributed by atoms with E-state index in [4.69, 9.17) is 0 Å². The van der Waals surface area contributed by atoms with Crippen LogP contribution in [0.2, 0.25) is 0 Å². The second kappa shape index (κ2) is 6.37. The number of nitrogens with zero attached hydrogens (tertiary/aromatic N) is 1. The maximum atomic E-state index is 11.2. The largest absolute Gasteiger partial charge is 0.480 e. The molecule has 6 heteroatoms. The maximum Gasteiger partial charge on any atom is 0.323 e. The third-order valence-electron chi connectivity index (χ3n) is 2.46. The van der Waals surface area contributed by atoms with Crippen LogP contribution >= 0.6 is 23.1 Å². The monoisotopic (exact) mass is 274 g/mol. The summed E-state index contributed by atoms with van der Waals surface area (Å²) in [5.41, 5.74) is 0.179. The minimum atomic E-state index is -0.839. The van der Waals surface area contributed by atoms with Crippen molar-refractivity contribution in [2.75, 3.05) is 12.3 Å². The predicted molar refractivity (Wildman–Crippen MR) is 71.9 cm³/mol. The fourth-order valence-corrected chi connectivity index (χ4v) is 3.48. The molecule has 0 fully saturated rings. The second-order valence-electron chi connectivity index (χ2n) is 4.02. The van der Waals surface area contributed by atoms with E-state index in [2.05, 4.69) is 10.3 Å². The van der Waals surface area contributed by atoms with Crippen LogP contribution < -0.4 is 5.32 Å². The minimum absolute atomic E-state index is 0.583. The summed E-state index contributed by atoms with van der Waals surface area (Å²) in [6, 6.07) is 0. The number of thioether (sulfide) groups is 1. The molecular formula is C11H18N2O2S2. The van der Waals surface area contributed by atoms with Crippen LogP contribution in [0.3, 0.4) is 0 Å². The van der Waals surface area contributed by atoms with Crippen molar-refractivity contribution in [1.29, 1.82) is 0 Å². The Morgan fingerprint density at radius 1 is 1.71 bits per heavy atom. The molecule has 1 unspecified atom stereocenters. The molecule has 1 aromatic heterocycles. The molecule has 0 aromatic carbocycles. The summed E-state index contributed by atoms with van der Waals surface area (Å²) in [7, 11) is 0. The Morgan fingerprint density at radius 2 is 2.41 bits per heavy atom. The smallest absolute Gasteiger partial charge is 0.323 e. The van der Waals surface area contributed by atoms with Crippen molar-refractivity contribution in [1.82, 2.24) is 10.3 Å². The molecule has 0 aliphatic carbocycles. The standard InChI is InChI=1S/C11H18N2O2S2/c1-4-12-11(3,9(14)15)5-6-16-10-13-8(2)7-17-10/h7,12H,4-6H2,1-3H3,(H,14,15). The van der Waals surface area contributed by atoms with Crippen molar-refractivity contribution in [3.8, 4) is 0 Å². The lowest BCUT2D eigenvalue weighted by molar-refractivity contribution is -0.144. The number of hydrogen-bond donors (Lipinski definition) is 2. The zero-order chi connectivity index (χ0) is 12.9. The highest BCUT2D eigenvalue weighted by Crippen LogP contribution is 2.25. The van der Waals surface area contributed by atoms with Crippen molar-refractivity contribution in [2.24, 2.45) is 0 Å². The fraction of sp³-hybridized carbons (Fsp3) is 0.636. The molecule has 96 valence electrons. The highest BCUT2D eigenvalue weighted by molar-refractivity contribution is 8.01. The van der Waals surface area contributed by atoms with E-state index in [1.54, 1.807) is 30.0 Å². The predicted octanol–water partition coefficient (Wildman–Crippen LogP) is 2.39. The average molecular weight is 274 g/mol. The summed E-state index contributed by atoms with van der Waals surface area (Å²) < 4.78 is 1.01. The van der Waals surface area contributed by atoms with Gasteiger partial charge in [0.25, 0.3) is 0 Å².